The minimum Gasteiger partial charge on any atom is -0.457 e. The lowest BCUT2D eigenvalue weighted by molar-refractivity contribution is 0.483. The van der Waals surface area contributed by atoms with E-state index in [9.17, 15) is 0 Å². The van der Waals surface area contributed by atoms with Crippen LogP contribution < -0.4 is 14.5 Å². The van der Waals surface area contributed by atoms with Crippen LogP contribution in [0.15, 0.2) is 134 Å². The van der Waals surface area contributed by atoms with E-state index in [4.69, 9.17) is 14.7 Å². The summed E-state index contributed by atoms with van der Waals surface area (Å²) in [6, 6.07) is 41.2. The van der Waals surface area contributed by atoms with Crippen molar-refractivity contribution in [3.8, 4) is 11.5 Å². The van der Waals surface area contributed by atoms with E-state index in [1.165, 1.54) is 0 Å². The van der Waals surface area contributed by atoms with Crippen LogP contribution in [0.2, 0.25) is 0 Å². The molecule has 8 rings (SSSR count). The van der Waals surface area contributed by atoms with Crippen molar-refractivity contribution >= 4 is 58.7 Å². The van der Waals surface area contributed by atoms with Gasteiger partial charge in [0.15, 0.2) is 0 Å². The fourth-order valence-corrected chi connectivity index (χ4v) is 5.74. The number of hydrogen-bond donors (Lipinski definition) is 0. The first-order valence-electron chi connectivity index (χ1n) is 14.2. The highest BCUT2D eigenvalue weighted by Gasteiger charge is 2.23. The molecule has 0 spiro atoms. The molecule has 6 aromatic rings. The Morgan fingerprint density at radius 3 is 1.37 bits per heavy atom. The number of rotatable bonds is 4. The second-order valence-corrected chi connectivity index (χ2v) is 10.4. The van der Waals surface area contributed by atoms with E-state index in [1.54, 1.807) is 0 Å². The topological polar surface area (TPSA) is 41.5 Å². The van der Waals surface area contributed by atoms with Gasteiger partial charge in [-0.3, -0.25) is 9.80 Å². The Labute approximate surface area is 250 Å². The molecule has 5 nitrogen and oxygen atoms in total. The maximum Gasteiger partial charge on any atom is 0.144 e. The van der Waals surface area contributed by atoms with Crippen molar-refractivity contribution < 1.29 is 4.74 Å². The molecule has 2 aromatic heterocycles. The zero-order chi connectivity index (χ0) is 28.6. The maximum absolute atomic E-state index is 6.53. The molecule has 0 bridgehead atoms. The maximum atomic E-state index is 6.53. The highest BCUT2D eigenvalue weighted by Crippen LogP contribution is 2.44. The van der Waals surface area contributed by atoms with Crippen molar-refractivity contribution in [3.05, 3.63) is 156 Å². The largest absolute Gasteiger partial charge is 0.457 e. The first-order valence-corrected chi connectivity index (χ1v) is 14.2. The molecule has 0 saturated heterocycles. The molecular weight excluding hydrogens is 528 g/mol. The van der Waals surface area contributed by atoms with Gasteiger partial charge in [0.2, 0.25) is 0 Å². The van der Waals surface area contributed by atoms with Gasteiger partial charge >= 0.3 is 0 Å². The van der Waals surface area contributed by atoms with Gasteiger partial charge in [-0.1, -0.05) is 72.8 Å². The van der Waals surface area contributed by atoms with Crippen molar-refractivity contribution in [3.63, 3.8) is 0 Å². The summed E-state index contributed by atoms with van der Waals surface area (Å²) in [5, 5.41) is 0. The Morgan fingerprint density at radius 1 is 0.419 bits per heavy atom. The lowest BCUT2D eigenvalue weighted by Gasteiger charge is -2.27. The smallest absolute Gasteiger partial charge is 0.144 e. The molecule has 0 unspecified atom stereocenters. The molecule has 0 fully saturated rings. The number of ether oxygens (including phenoxy) is 1. The number of aromatic nitrogens is 2. The molecule has 4 aromatic carbocycles. The molecule has 0 radical (unpaired) electrons. The van der Waals surface area contributed by atoms with Crippen LogP contribution in [0, 0.1) is 0 Å². The number of benzene rings is 4. The van der Waals surface area contributed by atoms with Gasteiger partial charge in [0, 0.05) is 35.7 Å². The Morgan fingerprint density at radius 2 is 0.860 bits per heavy atom. The average Bonchev–Trinajstić information content (AvgIpc) is 3.33. The van der Waals surface area contributed by atoms with Crippen LogP contribution >= 0.6 is 0 Å². The van der Waals surface area contributed by atoms with E-state index in [1.807, 2.05) is 48.8 Å². The molecular formula is C38H26N4O. The van der Waals surface area contributed by atoms with Gasteiger partial charge in [-0.15, -0.1) is 0 Å². The summed E-state index contributed by atoms with van der Waals surface area (Å²) in [5.74, 6) is 3.22. The summed E-state index contributed by atoms with van der Waals surface area (Å²) < 4.78 is 6.53. The minimum atomic E-state index is 0.735. The lowest BCUT2D eigenvalue weighted by atomic mass is 10.1. The van der Waals surface area contributed by atoms with Crippen LogP contribution in [0.5, 0.6) is 11.5 Å². The highest BCUT2D eigenvalue weighted by atomic mass is 16.5. The predicted octanol–water partition coefficient (Wildman–Crippen LogP) is 10.2. The average molecular weight is 555 g/mol. The Bertz CT molecular complexity index is 1800. The Balaban J connectivity index is 1.17. The van der Waals surface area contributed by atoms with Gasteiger partial charge in [0.05, 0.1) is 22.7 Å². The van der Waals surface area contributed by atoms with Crippen LogP contribution in [-0.4, -0.2) is 9.97 Å². The number of nitrogens with zero attached hydrogens (tertiary/aromatic N) is 4. The third-order valence-electron chi connectivity index (χ3n) is 7.68. The van der Waals surface area contributed by atoms with Crippen molar-refractivity contribution in [2.45, 2.75) is 0 Å². The van der Waals surface area contributed by atoms with Crippen LogP contribution in [0.25, 0.3) is 24.3 Å². The second-order valence-electron chi connectivity index (χ2n) is 10.4. The number of anilines is 6. The third kappa shape index (κ3) is 4.53. The zero-order valence-corrected chi connectivity index (χ0v) is 23.2. The molecule has 204 valence electrons. The molecule has 0 amide bonds. The molecule has 2 aliphatic rings. The lowest BCUT2D eigenvalue weighted by Crippen LogP contribution is -2.13. The van der Waals surface area contributed by atoms with E-state index < -0.39 is 0 Å². The van der Waals surface area contributed by atoms with E-state index in [0.29, 0.717) is 0 Å². The van der Waals surface area contributed by atoms with E-state index in [-0.39, 0.29) is 0 Å². The number of hydrogen-bond acceptors (Lipinski definition) is 5. The van der Waals surface area contributed by atoms with Crippen molar-refractivity contribution in [2.75, 3.05) is 9.80 Å². The van der Waals surface area contributed by atoms with Crippen LogP contribution in [-0.2, 0) is 0 Å². The van der Waals surface area contributed by atoms with E-state index in [0.717, 1.165) is 68.1 Å². The number of pyridine rings is 2. The third-order valence-corrected chi connectivity index (χ3v) is 7.68. The normalized spacial score (nSPS) is 12.8. The fraction of sp³-hybridized carbons (Fsp3) is 0. The summed E-state index contributed by atoms with van der Waals surface area (Å²) >= 11 is 0. The van der Waals surface area contributed by atoms with Crippen LogP contribution in [0.1, 0.15) is 22.3 Å². The molecule has 5 heteroatoms. The highest BCUT2D eigenvalue weighted by molar-refractivity contribution is 5.93. The molecule has 0 aliphatic carbocycles. The van der Waals surface area contributed by atoms with Crippen LogP contribution in [0.4, 0.5) is 34.4 Å². The Kier molecular flexibility index (Phi) is 6.05. The van der Waals surface area contributed by atoms with Crippen molar-refractivity contribution in [1.82, 2.24) is 9.97 Å². The van der Waals surface area contributed by atoms with E-state index in [2.05, 4.69) is 119 Å². The first-order chi connectivity index (χ1) is 21.3. The number of para-hydroxylation sites is 2. The monoisotopic (exact) mass is 554 g/mol. The second kappa shape index (κ2) is 10.5. The molecule has 2 aliphatic heterocycles. The van der Waals surface area contributed by atoms with Gasteiger partial charge in [-0.25, -0.2) is 9.97 Å². The molecule has 0 saturated carbocycles. The molecule has 0 N–H and O–H groups in total. The SMILES string of the molecule is C1=Cc2cccnc2N(c2cccc(Oc3cccc(N4c5ccccc5C=Cc5cccnc54)c3)c2)c2ccccc21. The number of fused-ring (bicyclic) bond motifs is 4. The quantitative estimate of drug-likeness (QED) is 0.216. The van der Waals surface area contributed by atoms with E-state index >= 15 is 0 Å². The van der Waals surface area contributed by atoms with Gasteiger partial charge in [-0.05, 0) is 71.8 Å². The molecule has 0 atom stereocenters. The predicted molar refractivity (Wildman–Crippen MR) is 176 cm³/mol. The zero-order valence-electron chi connectivity index (χ0n) is 23.2. The fourth-order valence-electron chi connectivity index (χ4n) is 5.74. The van der Waals surface area contributed by atoms with Gasteiger partial charge in [-0.2, -0.15) is 0 Å². The standard InChI is InChI=1S/C38H26N4O/c1-3-17-35-27(9-1)19-21-29-11-7-23-39-37(29)41(35)31-13-5-15-33(25-31)43-34-16-6-14-32(26-34)42-36-18-4-2-10-28(36)20-22-30-12-8-24-40-38(30)42/h1-26H. The summed E-state index contributed by atoms with van der Waals surface area (Å²) in [6.07, 6.45) is 12.2. The van der Waals surface area contributed by atoms with Gasteiger partial charge in [0.1, 0.15) is 23.1 Å². The summed E-state index contributed by atoms with van der Waals surface area (Å²) in [6.45, 7) is 0. The van der Waals surface area contributed by atoms with Crippen molar-refractivity contribution in [1.29, 1.82) is 0 Å². The van der Waals surface area contributed by atoms with Gasteiger partial charge < -0.3 is 4.74 Å². The van der Waals surface area contributed by atoms with Crippen LogP contribution in [0.3, 0.4) is 0 Å². The van der Waals surface area contributed by atoms with Gasteiger partial charge in [0.25, 0.3) is 0 Å². The molecule has 4 heterocycles. The summed E-state index contributed by atoms with van der Waals surface area (Å²) in [7, 11) is 0. The first kappa shape index (κ1) is 24.8. The summed E-state index contributed by atoms with van der Waals surface area (Å²) in [4.78, 5) is 13.9. The molecule has 43 heavy (non-hydrogen) atoms. The minimum absolute atomic E-state index is 0.735. The summed E-state index contributed by atoms with van der Waals surface area (Å²) in [5.41, 5.74) is 8.43. The van der Waals surface area contributed by atoms with Crippen molar-refractivity contribution in [2.24, 2.45) is 0 Å². The Hall–Kier alpha value is -5.94.